The summed E-state index contributed by atoms with van der Waals surface area (Å²) in [6.07, 6.45) is 4.77. The van der Waals surface area contributed by atoms with Crippen LogP contribution in [0.4, 0.5) is 5.69 Å². The zero-order valence-electron chi connectivity index (χ0n) is 14.9. The Bertz CT molecular complexity index is 556. The van der Waals surface area contributed by atoms with E-state index in [2.05, 4.69) is 11.3 Å². The Kier molecular flexibility index (Phi) is 9.92. The summed E-state index contributed by atoms with van der Waals surface area (Å²) in [5, 5.41) is 0. The van der Waals surface area contributed by atoms with Crippen molar-refractivity contribution in [1.82, 2.24) is 0 Å². The smallest absolute Gasteiger partial charge is 0.330 e. The first-order valence-electron chi connectivity index (χ1n) is 7.50. The van der Waals surface area contributed by atoms with Crippen molar-refractivity contribution >= 4 is 11.7 Å². The Labute approximate surface area is 139 Å². The summed E-state index contributed by atoms with van der Waals surface area (Å²) in [6.45, 7) is 9.74. The Hall–Kier alpha value is -2.49. The Morgan fingerprint density at radius 2 is 1.70 bits per heavy atom. The monoisotopic (exact) mass is 317 g/mol. The molecule has 0 aliphatic heterocycles. The normalized spacial score (nSPS) is 11.0. The molecular weight excluding hydrogens is 290 g/mol. The van der Waals surface area contributed by atoms with Crippen LogP contribution in [0.15, 0.2) is 60.3 Å². The fraction of sp³-hybridized carbons (Fsp3) is 0.316. The summed E-state index contributed by atoms with van der Waals surface area (Å²) in [6, 6.07) is 7.73. The predicted molar refractivity (Wildman–Crippen MR) is 96.8 cm³/mol. The van der Waals surface area contributed by atoms with Crippen LogP contribution in [0.3, 0.4) is 0 Å². The highest BCUT2D eigenvalue weighted by atomic mass is 16.5. The lowest BCUT2D eigenvalue weighted by Crippen LogP contribution is -2.15. The third-order valence-corrected chi connectivity index (χ3v) is 3.20. The van der Waals surface area contributed by atoms with Crippen molar-refractivity contribution in [2.24, 2.45) is 0 Å². The summed E-state index contributed by atoms with van der Waals surface area (Å²) in [5.74, 6) is 0.414. The summed E-state index contributed by atoms with van der Waals surface area (Å²) in [7, 11) is 4.93. The van der Waals surface area contributed by atoms with Crippen LogP contribution in [0.2, 0.25) is 0 Å². The Balaban J connectivity index is 0.00000232. The minimum absolute atomic E-state index is 0.394. The van der Waals surface area contributed by atoms with Crippen LogP contribution >= 0.6 is 0 Å². The van der Waals surface area contributed by atoms with Crippen molar-refractivity contribution < 1.29 is 14.3 Å². The number of hydrogen-bond acceptors (Lipinski definition) is 4. The van der Waals surface area contributed by atoms with Gasteiger partial charge in [-0.25, -0.2) is 4.79 Å². The van der Waals surface area contributed by atoms with Gasteiger partial charge in [-0.2, -0.15) is 0 Å². The van der Waals surface area contributed by atoms with Crippen molar-refractivity contribution in [3.8, 4) is 5.75 Å². The fourth-order valence-corrected chi connectivity index (χ4v) is 1.76. The molecule has 0 N–H and O–H groups in total. The molecule has 0 heterocycles. The van der Waals surface area contributed by atoms with E-state index in [0.29, 0.717) is 0 Å². The van der Waals surface area contributed by atoms with E-state index >= 15 is 0 Å². The van der Waals surface area contributed by atoms with Gasteiger partial charge in [-0.05, 0) is 42.8 Å². The molecule has 0 spiro atoms. The first-order chi connectivity index (χ1) is 11.0. The van der Waals surface area contributed by atoms with Crippen LogP contribution in [-0.4, -0.2) is 27.2 Å². The number of hydrogen-bond donors (Lipinski definition) is 0. The van der Waals surface area contributed by atoms with E-state index in [4.69, 9.17) is 4.74 Å². The van der Waals surface area contributed by atoms with Crippen LogP contribution in [0, 0.1) is 0 Å². The molecule has 0 amide bonds. The van der Waals surface area contributed by atoms with Crippen LogP contribution in [0.25, 0.3) is 0 Å². The minimum Gasteiger partial charge on any atom is -0.497 e. The van der Waals surface area contributed by atoms with Gasteiger partial charge in [0.15, 0.2) is 0 Å². The molecule has 0 radical (unpaired) electrons. The largest absolute Gasteiger partial charge is 0.497 e. The lowest BCUT2D eigenvalue weighted by Gasteiger charge is -2.22. The molecule has 23 heavy (non-hydrogen) atoms. The highest BCUT2D eigenvalue weighted by Crippen LogP contribution is 2.23. The zero-order valence-corrected chi connectivity index (χ0v) is 14.9. The molecule has 0 unspecified atom stereocenters. The molecule has 126 valence electrons. The lowest BCUT2D eigenvalue weighted by atomic mass is 10.1. The first-order valence-corrected chi connectivity index (χ1v) is 7.50. The van der Waals surface area contributed by atoms with Crippen molar-refractivity contribution in [2.45, 2.75) is 20.8 Å². The van der Waals surface area contributed by atoms with E-state index in [1.165, 1.54) is 13.2 Å². The van der Waals surface area contributed by atoms with Gasteiger partial charge in [-0.1, -0.05) is 26.5 Å². The van der Waals surface area contributed by atoms with Gasteiger partial charge in [0.2, 0.25) is 0 Å². The molecule has 1 aromatic rings. The van der Waals surface area contributed by atoms with Gasteiger partial charge in [-0.15, -0.1) is 0 Å². The highest BCUT2D eigenvalue weighted by Gasteiger charge is 2.06. The molecule has 4 nitrogen and oxygen atoms in total. The quantitative estimate of drug-likeness (QED) is 0.444. The van der Waals surface area contributed by atoms with Crippen LogP contribution < -0.4 is 9.64 Å². The molecule has 4 heteroatoms. The van der Waals surface area contributed by atoms with E-state index in [1.54, 1.807) is 19.3 Å². The van der Waals surface area contributed by atoms with Crippen molar-refractivity contribution in [1.29, 1.82) is 0 Å². The fourth-order valence-electron chi connectivity index (χ4n) is 1.76. The summed E-state index contributed by atoms with van der Waals surface area (Å²) in [5.41, 5.74) is 2.83. The number of rotatable bonds is 6. The molecule has 0 atom stereocenters. The van der Waals surface area contributed by atoms with E-state index in [9.17, 15) is 4.79 Å². The maximum Gasteiger partial charge on any atom is 0.330 e. The van der Waals surface area contributed by atoms with Crippen molar-refractivity contribution in [2.75, 3.05) is 26.2 Å². The number of anilines is 1. The summed E-state index contributed by atoms with van der Waals surface area (Å²) >= 11 is 0. The van der Waals surface area contributed by atoms with Gasteiger partial charge in [0, 0.05) is 24.5 Å². The van der Waals surface area contributed by atoms with E-state index in [1.807, 2.05) is 57.0 Å². The molecule has 0 saturated carbocycles. The van der Waals surface area contributed by atoms with Crippen molar-refractivity contribution in [3.63, 3.8) is 0 Å². The third kappa shape index (κ3) is 6.43. The maximum atomic E-state index is 11.2. The minimum atomic E-state index is -0.394. The first kappa shape index (κ1) is 20.5. The van der Waals surface area contributed by atoms with E-state index in [0.717, 1.165) is 22.7 Å². The number of benzene rings is 1. The number of methoxy groups -OCH3 is 2. The Morgan fingerprint density at radius 3 is 2.13 bits per heavy atom. The molecule has 0 aliphatic carbocycles. The number of carbonyl (C=O) groups excluding carboxylic acids is 1. The summed E-state index contributed by atoms with van der Waals surface area (Å²) in [4.78, 5) is 13.2. The van der Waals surface area contributed by atoms with Gasteiger partial charge in [0.25, 0.3) is 0 Å². The Morgan fingerprint density at radius 1 is 1.13 bits per heavy atom. The molecule has 1 rings (SSSR count). The number of esters is 1. The van der Waals surface area contributed by atoms with E-state index < -0.39 is 5.97 Å². The highest BCUT2D eigenvalue weighted by molar-refractivity contribution is 5.82. The lowest BCUT2D eigenvalue weighted by molar-refractivity contribution is -0.134. The molecule has 0 aromatic heterocycles. The second-order valence-corrected chi connectivity index (χ2v) is 4.36. The number of carbonyl (C=O) groups is 1. The maximum absolute atomic E-state index is 11.2. The molecule has 1 aromatic carbocycles. The number of ether oxygens (including phenoxy) is 2. The van der Waals surface area contributed by atoms with Gasteiger partial charge in [0.05, 0.1) is 14.2 Å². The molecule has 0 aliphatic rings. The number of nitrogens with zero attached hydrogens (tertiary/aromatic N) is 1. The second kappa shape index (κ2) is 11.1. The molecule has 0 saturated heterocycles. The summed E-state index contributed by atoms with van der Waals surface area (Å²) < 4.78 is 9.73. The van der Waals surface area contributed by atoms with Crippen LogP contribution in [-0.2, 0) is 9.53 Å². The van der Waals surface area contributed by atoms with Gasteiger partial charge in [-0.3, -0.25) is 0 Å². The van der Waals surface area contributed by atoms with Crippen LogP contribution in [0.1, 0.15) is 20.8 Å². The van der Waals surface area contributed by atoms with Crippen LogP contribution in [0.5, 0.6) is 5.75 Å². The topological polar surface area (TPSA) is 38.8 Å². The van der Waals surface area contributed by atoms with Gasteiger partial charge < -0.3 is 14.4 Å². The average Bonchev–Trinajstić information content (AvgIpc) is 2.62. The zero-order chi connectivity index (χ0) is 17.8. The number of allylic oxidation sites excluding steroid dienone is 4. The average molecular weight is 317 g/mol. The standard InChI is InChI=1S/C17H21NO3.C2H6/c1-6-14(7-12-17(19)21-5)13(2)18(3)15-8-10-16(20-4)11-9-15;1-2/h6-12H,1H2,2-5H3;1-2H3/b12-7+,14-13+;. The molecule has 0 bridgehead atoms. The second-order valence-electron chi connectivity index (χ2n) is 4.36. The van der Waals surface area contributed by atoms with Gasteiger partial charge in [0.1, 0.15) is 5.75 Å². The molecular formula is C19H27NO3. The van der Waals surface area contributed by atoms with Crippen molar-refractivity contribution in [3.05, 3.63) is 60.3 Å². The third-order valence-electron chi connectivity index (χ3n) is 3.20. The predicted octanol–water partition coefficient (Wildman–Crippen LogP) is 4.35. The van der Waals surface area contributed by atoms with E-state index in [-0.39, 0.29) is 0 Å². The molecule has 0 fully saturated rings. The SMILES string of the molecule is C=CC(/C=C/C(=O)OC)=C(/C)N(C)c1ccc(OC)cc1.CC. The van der Waals surface area contributed by atoms with Gasteiger partial charge >= 0.3 is 5.97 Å².